The molecule has 0 saturated carbocycles. The van der Waals surface area contributed by atoms with E-state index in [0.29, 0.717) is 11.8 Å². The number of alkyl halides is 1. The second-order valence-electron chi connectivity index (χ2n) is 4.55. The van der Waals surface area contributed by atoms with E-state index in [0.717, 1.165) is 27.9 Å². The maximum absolute atomic E-state index is 5.86. The Kier molecular flexibility index (Phi) is 3.52. The SMILES string of the molecule is Cc1cc(CCl)cc(Oc2ccc3cccnc3c2)n1. The minimum atomic E-state index is 0.443. The van der Waals surface area contributed by atoms with E-state index >= 15 is 0 Å². The predicted molar refractivity (Wildman–Crippen MR) is 80.3 cm³/mol. The van der Waals surface area contributed by atoms with Crippen LogP contribution in [0, 0.1) is 6.92 Å². The van der Waals surface area contributed by atoms with Gasteiger partial charge in [-0.2, -0.15) is 0 Å². The molecule has 3 nitrogen and oxygen atoms in total. The summed E-state index contributed by atoms with van der Waals surface area (Å²) in [6, 6.07) is 13.5. The highest BCUT2D eigenvalue weighted by molar-refractivity contribution is 6.17. The van der Waals surface area contributed by atoms with E-state index in [1.165, 1.54) is 0 Å². The van der Waals surface area contributed by atoms with Crippen LogP contribution in [0.2, 0.25) is 0 Å². The number of rotatable bonds is 3. The first-order valence-corrected chi connectivity index (χ1v) is 6.84. The van der Waals surface area contributed by atoms with E-state index in [9.17, 15) is 0 Å². The second kappa shape index (κ2) is 5.47. The first-order chi connectivity index (χ1) is 9.74. The van der Waals surface area contributed by atoms with Crippen LogP contribution in [-0.2, 0) is 5.88 Å². The van der Waals surface area contributed by atoms with E-state index in [4.69, 9.17) is 16.3 Å². The lowest BCUT2D eigenvalue weighted by Gasteiger charge is -2.08. The van der Waals surface area contributed by atoms with Gasteiger partial charge in [0.2, 0.25) is 5.88 Å². The summed E-state index contributed by atoms with van der Waals surface area (Å²) in [5.41, 5.74) is 2.78. The van der Waals surface area contributed by atoms with Crippen molar-refractivity contribution in [3.05, 3.63) is 59.9 Å². The molecule has 3 rings (SSSR count). The van der Waals surface area contributed by atoms with Crippen LogP contribution in [0.15, 0.2) is 48.7 Å². The summed E-state index contributed by atoms with van der Waals surface area (Å²) in [5.74, 6) is 1.71. The molecule has 3 aromatic rings. The van der Waals surface area contributed by atoms with Crippen molar-refractivity contribution in [2.24, 2.45) is 0 Å². The van der Waals surface area contributed by atoms with E-state index in [1.54, 1.807) is 6.20 Å². The molecule has 4 heteroatoms. The maximum atomic E-state index is 5.86. The van der Waals surface area contributed by atoms with Crippen molar-refractivity contribution in [2.75, 3.05) is 0 Å². The summed E-state index contributed by atoms with van der Waals surface area (Å²) in [4.78, 5) is 8.67. The van der Waals surface area contributed by atoms with E-state index in [-0.39, 0.29) is 0 Å². The van der Waals surface area contributed by atoms with Gasteiger partial charge in [0.15, 0.2) is 0 Å². The lowest BCUT2D eigenvalue weighted by molar-refractivity contribution is 0.461. The van der Waals surface area contributed by atoms with Crippen molar-refractivity contribution >= 4 is 22.5 Å². The van der Waals surface area contributed by atoms with Gasteiger partial charge in [-0.05, 0) is 36.8 Å². The molecule has 0 aliphatic heterocycles. The molecular weight excluding hydrogens is 272 g/mol. The van der Waals surface area contributed by atoms with Crippen LogP contribution in [0.4, 0.5) is 0 Å². The monoisotopic (exact) mass is 284 g/mol. The minimum Gasteiger partial charge on any atom is -0.439 e. The fourth-order valence-electron chi connectivity index (χ4n) is 2.07. The molecule has 100 valence electrons. The van der Waals surface area contributed by atoms with Crippen LogP contribution in [0.1, 0.15) is 11.3 Å². The number of halogens is 1. The zero-order valence-electron chi connectivity index (χ0n) is 11.0. The van der Waals surface area contributed by atoms with Gasteiger partial charge in [0, 0.05) is 35.3 Å². The molecule has 0 aliphatic carbocycles. The average molecular weight is 285 g/mol. The second-order valence-corrected chi connectivity index (χ2v) is 4.82. The van der Waals surface area contributed by atoms with Gasteiger partial charge in [0.05, 0.1) is 5.52 Å². The molecule has 2 aromatic heterocycles. The smallest absolute Gasteiger partial charge is 0.219 e. The number of aromatic nitrogens is 2. The third-order valence-corrected chi connectivity index (χ3v) is 3.25. The predicted octanol–water partition coefficient (Wildman–Crippen LogP) is 4.47. The van der Waals surface area contributed by atoms with Gasteiger partial charge in [0.1, 0.15) is 5.75 Å². The summed E-state index contributed by atoms with van der Waals surface area (Å²) >= 11 is 5.86. The molecule has 1 aromatic carbocycles. The highest BCUT2D eigenvalue weighted by atomic mass is 35.5. The number of benzene rings is 1. The van der Waals surface area contributed by atoms with Crippen molar-refractivity contribution in [3.63, 3.8) is 0 Å². The summed E-state index contributed by atoms with van der Waals surface area (Å²) in [5, 5.41) is 1.08. The third kappa shape index (κ3) is 2.73. The Morgan fingerprint density at radius 3 is 2.90 bits per heavy atom. The number of hydrogen-bond donors (Lipinski definition) is 0. The highest BCUT2D eigenvalue weighted by Crippen LogP contribution is 2.24. The van der Waals surface area contributed by atoms with Crippen LogP contribution in [-0.4, -0.2) is 9.97 Å². The van der Waals surface area contributed by atoms with Crippen molar-refractivity contribution in [3.8, 4) is 11.6 Å². The zero-order valence-corrected chi connectivity index (χ0v) is 11.8. The molecule has 20 heavy (non-hydrogen) atoms. The number of fused-ring (bicyclic) bond motifs is 1. The van der Waals surface area contributed by atoms with Crippen LogP contribution >= 0.6 is 11.6 Å². The molecule has 0 amide bonds. The van der Waals surface area contributed by atoms with Crippen LogP contribution in [0.25, 0.3) is 10.9 Å². The molecule has 0 unspecified atom stereocenters. The first-order valence-electron chi connectivity index (χ1n) is 6.31. The Hall–Kier alpha value is -2.13. The van der Waals surface area contributed by atoms with Gasteiger partial charge in [-0.15, -0.1) is 11.6 Å². The van der Waals surface area contributed by atoms with Crippen molar-refractivity contribution in [1.29, 1.82) is 0 Å². The summed E-state index contributed by atoms with van der Waals surface area (Å²) in [6.07, 6.45) is 1.77. The summed E-state index contributed by atoms with van der Waals surface area (Å²) in [7, 11) is 0. The van der Waals surface area contributed by atoms with Crippen LogP contribution in [0.3, 0.4) is 0 Å². The molecule has 0 radical (unpaired) electrons. The normalized spacial score (nSPS) is 10.7. The Balaban J connectivity index is 1.94. The molecule has 0 saturated heterocycles. The Morgan fingerprint density at radius 1 is 1.15 bits per heavy atom. The summed E-state index contributed by atoms with van der Waals surface area (Å²) < 4.78 is 5.80. The number of nitrogens with zero attached hydrogens (tertiary/aromatic N) is 2. The molecule has 0 N–H and O–H groups in total. The molecular formula is C16H13ClN2O. The molecule has 2 heterocycles. The lowest BCUT2D eigenvalue weighted by Crippen LogP contribution is -1.92. The van der Waals surface area contributed by atoms with Crippen LogP contribution < -0.4 is 4.74 Å². The average Bonchev–Trinajstić information content (AvgIpc) is 2.46. The van der Waals surface area contributed by atoms with Gasteiger partial charge in [0.25, 0.3) is 0 Å². The number of aryl methyl sites for hydroxylation is 1. The van der Waals surface area contributed by atoms with Gasteiger partial charge < -0.3 is 4.74 Å². The Morgan fingerprint density at radius 2 is 2.05 bits per heavy atom. The lowest BCUT2D eigenvalue weighted by atomic mass is 10.2. The van der Waals surface area contributed by atoms with E-state index in [2.05, 4.69) is 9.97 Å². The quantitative estimate of drug-likeness (QED) is 0.666. The maximum Gasteiger partial charge on any atom is 0.219 e. The number of hydrogen-bond acceptors (Lipinski definition) is 3. The van der Waals surface area contributed by atoms with E-state index < -0.39 is 0 Å². The van der Waals surface area contributed by atoms with Gasteiger partial charge in [-0.3, -0.25) is 4.98 Å². The number of ether oxygens (including phenoxy) is 1. The molecule has 0 bridgehead atoms. The molecule has 0 spiro atoms. The Bertz CT molecular complexity index is 758. The molecule has 0 fully saturated rings. The van der Waals surface area contributed by atoms with Crippen molar-refractivity contribution < 1.29 is 4.74 Å². The largest absolute Gasteiger partial charge is 0.439 e. The fraction of sp³-hybridized carbons (Fsp3) is 0.125. The number of pyridine rings is 2. The highest BCUT2D eigenvalue weighted by Gasteiger charge is 2.04. The zero-order chi connectivity index (χ0) is 13.9. The van der Waals surface area contributed by atoms with E-state index in [1.807, 2.05) is 49.4 Å². The standard InChI is InChI=1S/C16H13ClN2O/c1-11-7-12(10-17)8-16(19-11)20-14-5-4-13-3-2-6-18-15(13)9-14/h2-9H,10H2,1H3. The van der Waals surface area contributed by atoms with Gasteiger partial charge in [-0.25, -0.2) is 4.98 Å². The van der Waals surface area contributed by atoms with Gasteiger partial charge in [-0.1, -0.05) is 6.07 Å². The topological polar surface area (TPSA) is 35.0 Å². The fourth-order valence-corrected chi connectivity index (χ4v) is 2.22. The van der Waals surface area contributed by atoms with Crippen molar-refractivity contribution in [1.82, 2.24) is 9.97 Å². The molecule has 0 aliphatic rings. The van der Waals surface area contributed by atoms with Crippen LogP contribution in [0.5, 0.6) is 11.6 Å². The molecule has 0 atom stereocenters. The minimum absolute atomic E-state index is 0.443. The van der Waals surface area contributed by atoms with Crippen molar-refractivity contribution in [2.45, 2.75) is 12.8 Å². The van der Waals surface area contributed by atoms with Gasteiger partial charge >= 0.3 is 0 Å². The first kappa shape index (κ1) is 12.9. The Labute approximate surface area is 122 Å². The summed E-state index contributed by atoms with van der Waals surface area (Å²) in [6.45, 7) is 1.92. The third-order valence-electron chi connectivity index (χ3n) is 2.94.